The third kappa shape index (κ3) is 4.12. The highest BCUT2D eigenvalue weighted by Gasteiger charge is 2.31. The fourth-order valence-corrected chi connectivity index (χ4v) is 4.01. The zero-order chi connectivity index (χ0) is 19.5. The molecule has 2 amide bonds. The molecule has 1 aromatic carbocycles. The first-order valence-electron chi connectivity index (χ1n) is 9.59. The van der Waals surface area contributed by atoms with Gasteiger partial charge in [-0.25, -0.2) is 0 Å². The van der Waals surface area contributed by atoms with Crippen LogP contribution < -0.4 is 0 Å². The first-order chi connectivity index (χ1) is 13.6. The highest BCUT2D eigenvalue weighted by molar-refractivity contribution is 9.10. The summed E-state index contributed by atoms with van der Waals surface area (Å²) >= 11 is 3.42. The predicted octanol–water partition coefficient (Wildman–Crippen LogP) is 2.55. The molecule has 0 saturated carbocycles. The second kappa shape index (κ2) is 8.45. The second-order valence-electron chi connectivity index (χ2n) is 7.18. The average Bonchev–Trinajstić information content (AvgIpc) is 3.24. The van der Waals surface area contributed by atoms with Gasteiger partial charge in [0.1, 0.15) is 5.69 Å². The van der Waals surface area contributed by atoms with Gasteiger partial charge in [-0.2, -0.15) is 5.10 Å². The normalized spacial score (nSPS) is 18.3. The molecule has 0 bridgehead atoms. The Balaban J connectivity index is 1.35. The molecule has 1 N–H and O–H groups in total. The van der Waals surface area contributed by atoms with E-state index < -0.39 is 0 Å². The Morgan fingerprint density at radius 3 is 2.39 bits per heavy atom. The minimum Gasteiger partial charge on any atom is -0.378 e. The molecule has 0 spiro atoms. The SMILES string of the molecule is O=C(c1cc(-c2ccc(Br)cc2)n[nH]1)N1CCC(C(=O)N2CCOCC2)CC1. The van der Waals surface area contributed by atoms with Crippen LogP contribution in [-0.2, 0) is 9.53 Å². The van der Waals surface area contributed by atoms with Crippen LogP contribution in [0.3, 0.4) is 0 Å². The number of benzene rings is 1. The molecule has 28 heavy (non-hydrogen) atoms. The molecule has 4 rings (SSSR count). The molecule has 0 radical (unpaired) electrons. The van der Waals surface area contributed by atoms with Gasteiger partial charge in [-0.3, -0.25) is 14.7 Å². The van der Waals surface area contributed by atoms with Crippen LogP contribution in [-0.4, -0.2) is 71.2 Å². The number of halogens is 1. The minimum absolute atomic E-state index is 0.00208. The molecule has 7 nitrogen and oxygen atoms in total. The lowest BCUT2D eigenvalue weighted by Gasteiger charge is -2.35. The van der Waals surface area contributed by atoms with Crippen molar-refractivity contribution in [3.63, 3.8) is 0 Å². The Bertz CT molecular complexity index is 837. The van der Waals surface area contributed by atoms with Crippen LogP contribution in [0.2, 0.25) is 0 Å². The van der Waals surface area contributed by atoms with Gasteiger partial charge >= 0.3 is 0 Å². The van der Waals surface area contributed by atoms with Crippen LogP contribution in [0.5, 0.6) is 0 Å². The Labute approximate surface area is 172 Å². The fraction of sp³-hybridized carbons (Fsp3) is 0.450. The molecule has 3 heterocycles. The van der Waals surface area contributed by atoms with Crippen LogP contribution in [0.15, 0.2) is 34.8 Å². The van der Waals surface area contributed by atoms with Crippen molar-refractivity contribution in [1.82, 2.24) is 20.0 Å². The molecule has 2 saturated heterocycles. The summed E-state index contributed by atoms with van der Waals surface area (Å²) in [6, 6.07) is 9.59. The molecular formula is C20H23BrN4O3. The number of hydrogen-bond donors (Lipinski definition) is 1. The monoisotopic (exact) mass is 446 g/mol. The van der Waals surface area contributed by atoms with Crippen molar-refractivity contribution in [3.05, 3.63) is 40.5 Å². The summed E-state index contributed by atoms with van der Waals surface area (Å²) in [6.07, 6.45) is 1.41. The number of morpholine rings is 1. The number of hydrogen-bond acceptors (Lipinski definition) is 4. The molecule has 2 aliphatic heterocycles. The third-order valence-electron chi connectivity index (χ3n) is 5.40. The summed E-state index contributed by atoms with van der Waals surface area (Å²) in [5.74, 6) is 0.143. The van der Waals surface area contributed by atoms with E-state index in [1.54, 1.807) is 6.07 Å². The predicted molar refractivity (Wildman–Crippen MR) is 108 cm³/mol. The number of piperidine rings is 1. The molecule has 148 valence electrons. The lowest BCUT2D eigenvalue weighted by Crippen LogP contribution is -2.47. The molecule has 2 aliphatic rings. The number of carbonyl (C=O) groups is 2. The quantitative estimate of drug-likeness (QED) is 0.785. The summed E-state index contributed by atoms with van der Waals surface area (Å²) < 4.78 is 6.31. The highest BCUT2D eigenvalue weighted by Crippen LogP contribution is 2.24. The zero-order valence-corrected chi connectivity index (χ0v) is 17.2. The van der Waals surface area contributed by atoms with Gasteiger partial charge < -0.3 is 14.5 Å². The summed E-state index contributed by atoms with van der Waals surface area (Å²) in [6.45, 7) is 3.75. The van der Waals surface area contributed by atoms with Crippen molar-refractivity contribution in [2.45, 2.75) is 12.8 Å². The summed E-state index contributed by atoms with van der Waals surface area (Å²) in [5.41, 5.74) is 2.18. The number of amides is 2. The van der Waals surface area contributed by atoms with Gasteiger partial charge in [0.05, 0.1) is 18.9 Å². The molecule has 2 fully saturated rings. The standard InChI is InChI=1S/C20H23BrN4O3/c21-16-3-1-14(2-4-16)17-13-18(23-22-17)20(27)24-7-5-15(6-8-24)19(26)25-9-11-28-12-10-25/h1-4,13,15H,5-12H2,(H,22,23). The van der Waals surface area contributed by atoms with Crippen molar-refractivity contribution in [2.24, 2.45) is 5.92 Å². The average molecular weight is 447 g/mol. The molecule has 8 heteroatoms. The van der Waals surface area contributed by atoms with Crippen LogP contribution in [0.1, 0.15) is 23.3 Å². The molecule has 0 unspecified atom stereocenters. The number of ether oxygens (including phenoxy) is 1. The van der Waals surface area contributed by atoms with Crippen molar-refractivity contribution in [3.8, 4) is 11.3 Å². The molecule has 0 aliphatic carbocycles. The van der Waals surface area contributed by atoms with Gasteiger partial charge in [0.2, 0.25) is 5.91 Å². The highest BCUT2D eigenvalue weighted by atomic mass is 79.9. The van der Waals surface area contributed by atoms with Crippen LogP contribution >= 0.6 is 15.9 Å². The maximum absolute atomic E-state index is 12.8. The number of H-pyrrole nitrogens is 1. The van der Waals surface area contributed by atoms with Gasteiger partial charge in [-0.15, -0.1) is 0 Å². The Morgan fingerprint density at radius 2 is 1.71 bits per heavy atom. The van der Waals surface area contributed by atoms with Gasteiger partial charge in [-0.1, -0.05) is 28.1 Å². The molecule has 2 aromatic rings. The summed E-state index contributed by atoms with van der Waals surface area (Å²) in [7, 11) is 0. The van der Waals surface area contributed by atoms with Gasteiger partial charge in [-0.05, 0) is 31.0 Å². The molecule has 1 aromatic heterocycles. The van der Waals surface area contributed by atoms with E-state index in [2.05, 4.69) is 26.1 Å². The van der Waals surface area contributed by atoms with Gasteiger partial charge in [0.25, 0.3) is 5.91 Å². The van der Waals surface area contributed by atoms with E-state index in [4.69, 9.17) is 4.74 Å². The lowest BCUT2D eigenvalue weighted by molar-refractivity contribution is -0.141. The topological polar surface area (TPSA) is 78.5 Å². The first-order valence-corrected chi connectivity index (χ1v) is 10.4. The summed E-state index contributed by atoms with van der Waals surface area (Å²) in [5, 5.41) is 7.14. The Kier molecular flexibility index (Phi) is 5.77. The number of rotatable bonds is 3. The van der Waals surface area contributed by atoms with E-state index in [-0.39, 0.29) is 17.7 Å². The van der Waals surface area contributed by atoms with Crippen molar-refractivity contribution < 1.29 is 14.3 Å². The number of nitrogens with one attached hydrogen (secondary N) is 1. The van der Waals surface area contributed by atoms with Crippen LogP contribution in [0.4, 0.5) is 0 Å². The van der Waals surface area contributed by atoms with E-state index in [1.165, 1.54) is 0 Å². The van der Waals surface area contributed by atoms with Crippen LogP contribution in [0, 0.1) is 5.92 Å². The van der Waals surface area contributed by atoms with E-state index in [1.807, 2.05) is 34.1 Å². The van der Waals surface area contributed by atoms with E-state index >= 15 is 0 Å². The molecule has 0 atom stereocenters. The van der Waals surface area contributed by atoms with E-state index in [0.29, 0.717) is 57.9 Å². The maximum Gasteiger partial charge on any atom is 0.271 e. The summed E-state index contributed by atoms with van der Waals surface area (Å²) in [4.78, 5) is 29.1. The van der Waals surface area contributed by atoms with E-state index in [0.717, 1.165) is 15.7 Å². The second-order valence-corrected chi connectivity index (χ2v) is 8.09. The number of likely N-dealkylation sites (tertiary alicyclic amines) is 1. The van der Waals surface area contributed by atoms with Crippen LogP contribution in [0.25, 0.3) is 11.3 Å². The van der Waals surface area contributed by atoms with Crippen molar-refractivity contribution in [2.75, 3.05) is 39.4 Å². The number of nitrogens with zero attached hydrogens (tertiary/aromatic N) is 3. The van der Waals surface area contributed by atoms with Crippen molar-refractivity contribution in [1.29, 1.82) is 0 Å². The Morgan fingerprint density at radius 1 is 1.04 bits per heavy atom. The van der Waals surface area contributed by atoms with Gasteiger partial charge in [0, 0.05) is 42.1 Å². The first kappa shape index (κ1) is 19.1. The maximum atomic E-state index is 12.8. The lowest BCUT2D eigenvalue weighted by atomic mass is 9.95. The fourth-order valence-electron chi connectivity index (χ4n) is 3.74. The molecular weight excluding hydrogens is 424 g/mol. The smallest absolute Gasteiger partial charge is 0.271 e. The van der Waals surface area contributed by atoms with E-state index in [9.17, 15) is 9.59 Å². The third-order valence-corrected chi connectivity index (χ3v) is 5.93. The number of aromatic nitrogens is 2. The van der Waals surface area contributed by atoms with Gasteiger partial charge in [0.15, 0.2) is 0 Å². The zero-order valence-electron chi connectivity index (χ0n) is 15.6. The Hall–Kier alpha value is -2.19. The number of carbonyl (C=O) groups excluding carboxylic acids is 2. The largest absolute Gasteiger partial charge is 0.378 e. The minimum atomic E-state index is -0.0619. The van der Waals surface area contributed by atoms with Crippen molar-refractivity contribution >= 4 is 27.7 Å². The number of aromatic amines is 1.